The number of carboxylic acids is 1. The van der Waals surface area contributed by atoms with Crippen LogP contribution in [0.2, 0.25) is 0 Å². The Kier molecular flexibility index (Phi) is 20.2. The lowest BCUT2D eigenvalue weighted by atomic mass is 9.96. The van der Waals surface area contributed by atoms with E-state index in [1.165, 1.54) is 30.9 Å². The third-order valence-electron chi connectivity index (χ3n) is 14.6. The van der Waals surface area contributed by atoms with Crippen LogP contribution >= 0.6 is 0 Å². The lowest BCUT2D eigenvalue weighted by Gasteiger charge is -2.37. The van der Waals surface area contributed by atoms with E-state index in [-0.39, 0.29) is 37.7 Å². The smallest absolute Gasteiger partial charge is 0.335 e. The Morgan fingerprint density at radius 1 is 0.663 bits per heavy atom. The molecule has 0 spiro atoms. The van der Waals surface area contributed by atoms with Crippen LogP contribution in [0.5, 0.6) is 23.0 Å². The molecule has 4 aromatic heterocycles. The lowest BCUT2D eigenvalue weighted by molar-refractivity contribution is -0.223. The van der Waals surface area contributed by atoms with Crippen LogP contribution < -0.4 is 29.1 Å². The van der Waals surface area contributed by atoms with Gasteiger partial charge < -0.3 is 64.3 Å². The van der Waals surface area contributed by atoms with Crippen LogP contribution in [0.15, 0.2) is 36.7 Å². The van der Waals surface area contributed by atoms with E-state index in [1.807, 2.05) is 12.1 Å². The summed E-state index contributed by atoms with van der Waals surface area (Å²) < 4.78 is 111. The van der Waals surface area contributed by atoms with Crippen molar-refractivity contribution in [3.63, 3.8) is 0 Å². The number of nitrogens with zero attached hydrogens (tertiary/aromatic N) is 8. The molecule has 32 heteroatoms. The number of benzene rings is 2. The molecule has 11 rings (SSSR count). The van der Waals surface area contributed by atoms with Gasteiger partial charge in [-0.2, -0.15) is 8.42 Å². The predicted octanol–water partition coefficient (Wildman–Crippen LogP) is 4.15. The van der Waals surface area contributed by atoms with E-state index in [0.29, 0.717) is 79.6 Å². The summed E-state index contributed by atoms with van der Waals surface area (Å²) in [7, 11) is -1.27. The molecular weight excluding hydrogens is 1170 g/mol. The Labute approximate surface area is 489 Å². The summed E-state index contributed by atoms with van der Waals surface area (Å²) in [5.41, 5.74) is 4.45. The number of urea groups is 2. The Morgan fingerprint density at radius 2 is 1.05 bits per heavy atom. The quantitative estimate of drug-likeness (QED) is 0.0650. The normalized spacial score (nSPS) is 21.0. The topological polar surface area (TPSA) is 350 Å². The van der Waals surface area contributed by atoms with E-state index in [0.717, 1.165) is 70.3 Å². The molecule has 5 atom stereocenters. The molecule has 0 saturated carbocycles. The van der Waals surface area contributed by atoms with Crippen LogP contribution in [0.25, 0.3) is 22.1 Å². The monoisotopic (exact) mass is 1230 g/mol. The third kappa shape index (κ3) is 13.6. The number of aliphatic carboxylic acids is 1. The minimum Gasteiger partial charge on any atom is -0.505 e. The van der Waals surface area contributed by atoms with Crippen molar-refractivity contribution in [1.29, 1.82) is 0 Å². The van der Waals surface area contributed by atoms with Crippen molar-refractivity contribution in [3.05, 3.63) is 82.4 Å². The maximum absolute atomic E-state index is 15.0. The van der Waals surface area contributed by atoms with Crippen molar-refractivity contribution in [2.75, 3.05) is 106 Å². The SMILES string of the molecule is CCN1C(=O)N(c2c(F)c(O)cc(OC)c2F)Cc2cnc3[nH]c(CN4CCOCC4)cc3c21.CCN1C(=O)N(c2c(F)c(O)cc(OC)c2F)Cc2cnc3[nH]c(CN4CCOCC4)cc3c21.CS(=O)(=O)O.C[C@H]1O[C@@H](C(=O)O)[C@H](O)[C@@H](O)[C@@H]1O. The molecular formula is C54H66F4N10O17S. The number of nitrogens with one attached hydrogen (secondary N) is 2. The molecule has 5 aliphatic rings. The second kappa shape index (κ2) is 26.9. The van der Waals surface area contributed by atoms with Crippen LogP contribution in [-0.4, -0.2) is 208 Å². The Morgan fingerprint density at radius 3 is 1.40 bits per heavy atom. The van der Waals surface area contributed by atoms with Crippen molar-refractivity contribution in [1.82, 2.24) is 29.7 Å². The van der Waals surface area contributed by atoms with E-state index in [9.17, 15) is 57.1 Å². The minimum atomic E-state index is -3.67. The van der Waals surface area contributed by atoms with E-state index < -0.39 is 105 Å². The van der Waals surface area contributed by atoms with E-state index in [1.54, 1.807) is 26.2 Å². The number of aromatic amines is 2. The van der Waals surface area contributed by atoms with Gasteiger partial charge in [0.2, 0.25) is 0 Å². The molecule has 9 heterocycles. The summed E-state index contributed by atoms with van der Waals surface area (Å²) in [6.45, 7) is 12.8. The van der Waals surface area contributed by atoms with E-state index in [4.69, 9.17) is 33.3 Å². The van der Waals surface area contributed by atoms with E-state index in [2.05, 4.69) is 29.7 Å². The zero-order valence-electron chi connectivity index (χ0n) is 47.5. The number of carboxylic acid groups (broad SMARTS) is 1. The van der Waals surface area contributed by atoms with Crippen molar-refractivity contribution >= 4 is 73.0 Å². The van der Waals surface area contributed by atoms with Crippen molar-refractivity contribution in [2.45, 2.75) is 77.5 Å². The fourth-order valence-electron chi connectivity index (χ4n) is 10.4. The van der Waals surface area contributed by atoms with Gasteiger partial charge in [-0.1, -0.05) is 0 Å². The fraction of sp³-hybridized carbons (Fsp3) is 0.463. The number of anilines is 4. The number of pyridine rings is 2. The van der Waals surface area contributed by atoms with Gasteiger partial charge in [-0.05, 0) is 32.9 Å². The van der Waals surface area contributed by atoms with Crippen LogP contribution in [-0.2, 0) is 55.3 Å². The second-order valence-electron chi connectivity index (χ2n) is 20.3. The van der Waals surface area contributed by atoms with Gasteiger partial charge in [-0.25, -0.2) is 41.9 Å². The van der Waals surface area contributed by atoms with Gasteiger partial charge in [-0.15, -0.1) is 0 Å². The van der Waals surface area contributed by atoms with E-state index >= 15 is 8.78 Å². The number of morpholine rings is 2. The van der Waals surface area contributed by atoms with Gasteiger partial charge in [-0.3, -0.25) is 34.0 Å². The number of fused-ring (bicyclic) bond motifs is 6. The number of amides is 4. The number of carbonyl (C=O) groups excluding carboxylic acids is 2. The molecule has 3 saturated heterocycles. The number of halogens is 4. The molecule has 0 bridgehead atoms. The van der Waals surface area contributed by atoms with Crippen LogP contribution in [0.4, 0.5) is 49.9 Å². The number of hydrogen-bond acceptors (Lipinski definition) is 19. The molecule has 9 N–H and O–H groups in total. The number of aliphatic hydroxyl groups excluding tert-OH is 3. The van der Waals surface area contributed by atoms with Gasteiger partial charge >= 0.3 is 18.0 Å². The fourth-order valence-corrected chi connectivity index (χ4v) is 10.4. The zero-order valence-corrected chi connectivity index (χ0v) is 48.3. The average molecular weight is 1240 g/mol. The highest BCUT2D eigenvalue weighted by Gasteiger charge is 2.45. The number of aromatic hydroxyl groups is 2. The number of carbonyl (C=O) groups is 3. The van der Waals surface area contributed by atoms with Gasteiger partial charge in [0, 0.05) is 110 Å². The van der Waals surface area contributed by atoms with Crippen LogP contribution in [0.3, 0.4) is 0 Å². The van der Waals surface area contributed by atoms with Gasteiger partial charge in [0.25, 0.3) is 10.1 Å². The average Bonchev–Trinajstić information content (AvgIpc) is 1.82. The summed E-state index contributed by atoms with van der Waals surface area (Å²) >= 11 is 0. The molecule has 468 valence electrons. The number of hydrogen-bond donors (Lipinski definition) is 9. The molecule has 0 unspecified atom stereocenters. The molecule has 2 aromatic carbocycles. The third-order valence-corrected chi connectivity index (χ3v) is 14.6. The minimum absolute atomic E-state index is 0.113. The highest BCUT2D eigenvalue weighted by molar-refractivity contribution is 7.85. The maximum Gasteiger partial charge on any atom is 0.335 e. The Bertz CT molecular complexity index is 3390. The largest absolute Gasteiger partial charge is 0.505 e. The Hall–Kier alpha value is -7.66. The second-order valence-corrected chi connectivity index (χ2v) is 21.8. The first-order valence-corrected chi connectivity index (χ1v) is 28.8. The first-order chi connectivity index (χ1) is 40.8. The zero-order chi connectivity index (χ0) is 62.6. The number of ether oxygens (including phenoxy) is 5. The van der Waals surface area contributed by atoms with Crippen LogP contribution in [0, 0.1) is 23.3 Å². The number of H-pyrrole nitrogens is 2. The summed E-state index contributed by atoms with van der Waals surface area (Å²) in [6, 6.07) is 4.42. The molecule has 5 aliphatic heterocycles. The number of aliphatic hydroxyl groups is 3. The van der Waals surface area contributed by atoms with Crippen LogP contribution in [0.1, 0.15) is 43.3 Å². The predicted molar refractivity (Wildman–Crippen MR) is 300 cm³/mol. The van der Waals surface area contributed by atoms with Crippen molar-refractivity contribution in [3.8, 4) is 23.0 Å². The molecule has 0 aliphatic carbocycles. The summed E-state index contributed by atoms with van der Waals surface area (Å²) in [5.74, 6) is -8.26. The summed E-state index contributed by atoms with van der Waals surface area (Å²) in [5, 5.41) is 57.5. The molecule has 0 radical (unpaired) electrons. The number of aromatic nitrogens is 4. The standard InChI is InChI=1S/2C23H25F2N5O4.C7H12O6.CH4O3S/c2*1-3-29-20-13(10-26-22-15(20)8-14(27-22)12-28-4-6-34-7-5-28)11-30(23(29)32)21-18(24)16(31)9-17(33-2)19(21)25;1-2-3(8)4(9)5(10)6(13-2)7(11)12;1-5(2,3)4/h2*8-10,31H,3-7,11-12H2,1-2H3,(H,26,27);2-6,8-10H,1H3,(H,11,12);1H3,(H,2,3,4)/t;;2-,3-,4+,5-,6-;/m..1./s1. The van der Waals surface area contributed by atoms with Crippen molar-refractivity contribution < 1.29 is 99.2 Å². The maximum atomic E-state index is 15.0. The first kappa shape index (κ1) is 64.3. The highest BCUT2D eigenvalue weighted by atomic mass is 32.2. The molecule has 4 amide bonds. The number of rotatable bonds is 11. The Balaban J connectivity index is 0.000000175. The molecule has 86 heavy (non-hydrogen) atoms. The summed E-state index contributed by atoms with van der Waals surface area (Å²) in [4.78, 5) is 62.4. The van der Waals surface area contributed by atoms with Gasteiger partial charge in [0.15, 0.2) is 52.4 Å². The first-order valence-electron chi connectivity index (χ1n) is 26.9. The summed E-state index contributed by atoms with van der Waals surface area (Å²) in [6.07, 6.45) is -2.70. The lowest BCUT2D eigenvalue weighted by Crippen LogP contribution is -2.58. The van der Waals surface area contributed by atoms with Gasteiger partial charge in [0.05, 0.1) is 77.5 Å². The van der Waals surface area contributed by atoms with Gasteiger partial charge in [0.1, 0.15) is 41.0 Å². The van der Waals surface area contributed by atoms with Crippen molar-refractivity contribution in [2.24, 2.45) is 0 Å². The number of phenolic OH excluding ortho intramolecular Hbond substituents is 2. The number of methoxy groups -OCH3 is 2. The molecule has 3 fully saturated rings. The molecule has 27 nitrogen and oxygen atoms in total. The highest BCUT2D eigenvalue weighted by Crippen LogP contribution is 2.44. The molecule has 6 aromatic rings. The number of phenols is 2.